The Kier molecular flexibility index (Phi) is 6.16. The molecule has 0 aliphatic carbocycles. The number of benzene rings is 3. The molecule has 0 unspecified atom stereocenters. The standard InChI is InChI=1S/C21H18BrNO4S/c1-16-11-13-18(14-12-16)28(25,26)23(17-7-3-2-4-8-17)21(24)15-27-20-10-6-5-9-19(20)22/h2-14H,15H2,1H3. The van der Waals surface area contributed by atoms with Gasteiger partial charge < -0.3 is 4.74 Å². The van der Waals surface area contributed by atoms with Gasteiger partial charge in [-0.15, -0.1) is 0 Å². The molecule has 144 valence electrons. The number of anilines is 1. The number of hydrogen-bond acceptors (Lipinski definition) is 4. The molecule has 0 atom stereocenters. The number of ether oxygens (including phenoxy) is 1. The Morgan fingerprint density at radius 2 is 1.54 bits per heavy atom. The summed E-state index contributed by atoms with van der Waals surface area (Å²) in [6.45, 7) is 1.44. The van der Waals surface area contributed by atoms with Crippen LogP contribution in [0.25, 0.3) is 0 Å². The minimum atomic E-state index is -4.09. The van der Waals surface area contributed by atoms with Crippen molar-refractivity contribution >= 4 is 37.5 Å². The summed E-state index contributed by atoms with van der Waals surface area (Å²) in [7, 11) is -4.09. The summed E-state index contributed by atoms with van der Waals surface area (Å²) in [5, 5.41) is 0. The summed E-state index contributed by atoms with van der Waals surface area (Å²) >= 11 is 3.34. The second-order valence-corrected chi connectivity index (χ2v) is 8.67. The molecule has 0 aliphatic heterocycles. The van der Waals surface area contributed by atoms with E-state index in [-0.39, 0.29) is 10.6 Å². The molecule has 0 radical (unpaired) electrons. The van der Waals surface area contributed by atoms with Crippen molar-refractivity contribution in [2.75, 3.05) is 10.9 Å². The van der Waals surface area contributed by atoms with E-state index in [9.17, 15) is 13.2 Å². The Hall–Kier alpha value is -2.64. The Bertz CT molecular complexity index is 1070. The third-order valence-corrected chi connectivity index (χ3v) is 6.38. The van der Waals surface area contributed by atoms with Crippen LogP contribution in [0.15, 0.2) is 88.2 Å². The molecule has 1 amide bonds. The van der Waals surface area contributed by atoms with Crippen molar-refractivity contribution in [3.05, 3.63) is 88.9 Å². The first-order valence-corrected chi connectivity index (χ1v) is 10.7. The number of aryl methyl sites for hydroxylation is 1. The molecular formula is C21H18BrNO4S. The first-order valence-electron chi connectivity index (χ1n) is 8.47. The highest BCUT2D eigenvalue weighted by molar-refractivity contribution is 9.10. The number of rotatable bonds is 6. The molecule has 0 bridgehead atoms. The minimum absolute atomic E-state index is 0.0381. The predicted molar refractivity (Wildman–Crippen MR) is 112 cm³/mol. The number of nitrogens with zero attached hydrogens (tertiary/aromatic N) is 1. The average Bonchev–Trinajstić information content (AvgIpc) is 2.68. The number of hydrogen-bond donors (Lipinski definition) is 0. The summed E-state index contributed by atoms with van der Waals surface area (Å²) in [4.78, 5) is 13.0. The zero-order valence-corrected chi connectivity index (χ0v) is 17.5. The van der Waals surface area contributed by atoms with E-state index in [1.807, 2.05) is 13.0 Å². The third-order valence-electron chi connectivity index (χ3n) is 3.96. The van der Waals surface area contributed by atoms with Crippen molar-refractivity contribution in [3.63, 3.8) is 0 Å². The molecule has 3 rings (SSSR count). The van der Waals surface area contributed by atoms with Crippen molar-refractivity contribution in [2.45, 2.75) is 11.8 Å². The number of carbonyl (C=O) groups excluding carboxylic acids is 1. The Balaban J connectivity index is 1.94. The van der Waals surface area contributed by atoms with Crippen molar-refractivity contribution in [2.24, 2.45) is 0 Å². The largest absolute Gasteiger partial charge is 0.483 e. The van der Waals surface area contributed by atoms with Crippen molar-refractivity contribution < 1.29 is 17.9 Å². The molecule has 7 heteroatoms. The van der Waals surface area contributed by atoms with Crippen LogP contribution in [0, 0.1) is 6.92 Å². The first kappa shape index (κ1) is 20.1. The number of carbonyl (C=O) groups is 1. The van der Waals surface area contributed by atoms with Gasteiger partial charge in [0.15, 0.2) is 6.61 Å². The molecule has 3 aromatic rings. The number of sulfonamides is 1. The second-order valence-electron chi connectivity index (χ2n) is 6.03. The lowest BCUT2D eigenvalue weighted by molar-refractivity contribution is -0.119. The molecule has 0 saturated carbocycles. The van der Waals surface area contributed by atoms with Crippen LogP contribution in [0.2, 0.25) is 0 Å². The first-order chi connectivity index (χ1) is 13.4. The minimum Gasteiger partial charge on any atom is -0.483 e. The molecule has 0 spiro atoms. The van der Waals surface area contributed by atoms with Gasteiger partial charge in [-0.1, -0.05) is 48.0 Å². The predicted octanol–water partition coefficient (Wildman–Crippen LogP) is 4.56. The highest BCUT2D eigenvalue weighted by atomic mass is 79.9. The number of para-hydroxylation sites is 2. The van der Waals surface area contributed by atoms with Gasteiger partial charge in [-0.05, 0) is 59.3 Å². The average molecular weight is 460 g/mol. The molecular weight excluding hydrogens is 442 g/mol. The van der Waals surface area contributed by atoms with Gasteiger partial charge in [0.05, 0.1) is 15.1 Å². The third kappa shape index (κ3) is 4.43. The van der Waals surface area contributed by atoms with E-state index in [0.29, 0.717) is 10.2 Å². The molecule has 0 N–H and O–H groups in total. The summed E-state index contributed by atoms with van der Waals surface area (Å²) in [6.07, 6.45) is 0. The SMILES string of the molecule is Cc1ccc(S(=O)(=O)N(C(=O)COc2ccccc2Br)c2ccccc2)cc1. The monoisotopic (exact) mass is 459 g/mol. The molecule has 5 nitrogen and oxygen atoms in total. The number of halogens is 1. The zero-order chi connectivity index (χ0) is 20.1. The molecule has 3 aromatic carbocycles. The van der Waals surface area contributed by atoms with Crippen LogP contribution >= 0.6 is 15.9 Å². The van der Waals surface area contributed by atoms with Crippen LogP contribution in [0.3, 0.4) is 0 Å². The van der Waals surface area contributed by atoms with E-state index in [0.717, 1.165) is 9.87 Å². The van der Waals surface area contributed by atoms with Gasteiger partial charge in [0.25, 0.3) is 15.9 Å². The van der Waals surface area contributed by atoms with E-state index in [2.05, 4.69) is 15.9 Å². The molecule has 0 heterocycles. The normalized spacial score (nSPS) is 11.1. The summed E-state index contributed by atoms with van der Waals surface area (Å²) < 4.78 is 33.4. The van der Waals surface area contributed by atoms with E-state index < -0.39 is 22.5 Å². The molecule has 0 fully saturated rings. The maximum absolute atomic E-state index is 13.2. The van der Waals surface area contributed by atoms with Crippen molar-refractivity contribution in [1.82, 2.24) is 0 Å². The van der Waals surface area contributed by atoms with Crippen LogP contribution in [-0.4, -0.2) is 20.9 Å². The second kappa shape index (κ2) is 8.58. The topological polar surface area (TPSA) is 63.7 Å². The van der Waals surface area contributed by atoms with E-state index in [1.165, 1.54) is 12.1 Å². The van der Waals surface area contributed by atoms with Crippen molar-refractivity contribution in [1.29, 1.82) is 0 Å². The Morgan fingerprint density at radius 3 is 2.18 bits per heavy atom. The molecule has 0 aliphatic rings. The quantitative estimate of drug-likeness (QED) is 0.541. The van der Waals surface area contributed by atoms with Gasteiger partial charge in [0.2, 0.25) is 0 Å². The lowest BCUT2D eigenvalue weighted by Gasteiger charge is -2.23. The fourth-order valence-corrected chi connectivity index (χ4v) is 4.37. The smallest absolute Gasteiger partial charge is 0.278 e. The van der Waals surface area contributed by atoms with E-state index >= 15 is 0 Å². The molecule has 0 saturated heterocycles. The highest BCUT2D eigenvalue weighted by Crippen LogP contribution is 2.26. The highest BCUT2D eigenvalue weighted by Gasteiger charge is 2.31. The lowest BCUT2D eigenvalue weighted by atomic mass is 10.2. The van der Waals surface area contributed by atoms with Crippen LogP contribution < -0.4 is 9.04 Å². The van der Waals surface area contributed by atoms with E-state index in [4.69, 9.17) is 4.74 Å². The van der Waals surface area contributed by atoms with Gasteiger partial charge in [0.1, 0.15) is 5.75 Å². The molecule has 28 heavy (non-hydrogen) atoms. The van der Waals surface area contributed by atoms with Crippen LogP contribution in [0.4, 0.5) is 5.69 Å². The maximum Gasteiger partial charge on any atom is 0.278 e. The van der Waals surface area contributed by atoms with Crippen LogP contribution in [0.5, 0.6) is 5.75 Å². The maximum atomic E-state index is 13.2. The zero-order valence-electron chi connectivity index (χ0n) is 15.1. The fourth-order valence-electron chi connectivity index (χ4n) is 2.56. The fraction of sp³-hybridized carbons (Fsp3) is 0.0952. The lowest BCUT2D eigenvalue weighted by Crippen LogP contribution is -2.40. The summed E-state index contributed by atoms with van der Waals surface area (Å²) in [5.41, 5.74) is 1.18. The van der Waals surface area contributed by atoms with Gasteiger partial charge in [-0.25, -0.2) is 8.42 Å². The van der Waals surface area contributed by atoms with Gasteiger partial charge in [-0.2, -0.15) is 4.31 Å². The molecule has 0 aromatic heterocycles. The van der Waals surface area contributed by atoms with Crippen LogP contribution in [0.1, 0.15) is 5.56 Å². The van der Waals surface area contributed by atoms with Gasteiger partial charge in [-0.3, -0.25) is 4.79 Å². The Labute approximate surface area is 172 Å². The van der Waals surface area contributed by atoms with Gasteiger partial charge >= 0.3 is 0 Å². The van der Waals surface area contributed by atoms with Gasteiger partial charge in [0, 0.05) is 0 Å². The van der Waals surface area contributed by atoms with E-state index in [1.54, 1.807) is 60.7 Å². The van der Waals surface area contributed by atoms with Crippen LogP contribution in [-0.2, 0) is 14.8 Å². The summed E-state index contributed by atoms with van der Waals surface area (Å²) in [5.74, 6) is -0.237. The number of amides is 1. The Morgan fingerprint density at radius 1 is 0.929 bits per heavy atom. The summed E-state index contributed by atoms with van der Waals surface area (Å²) in [6, 6.07) is 21.7. The van der Waals surface area contributed by atoms with Crippen molar-refractivity contribution in [3.8, 4) is 5.75 Å².